The minimum absolute atomic E-state index is 0.587. The molecule has 4 nitrogen and oxygen atoms in total. The van der Waals surface area contributed by atoms with E-state index in [1.54, 1.807) is 0 Å². The largest absolute Gasteiger partial charge is 0.312 e. The fourth-order valence-electron chi connectivity index (χ4n) is 2.35. The Hall–Kier alpha value is -1.42. The van der Waals surface area contributed by atoms with Crippen LogP contribution in [-0.2, 0) is 6.54 Å². The van der Waals surface area contributed by atoms with E-state index in [-0.39, 0.29) is 0 Å². The summed E-state index contributed by atoms with van der Waals surface area (Å²) >= 11 is 0. The summed E-state index contributed by atoms with van der Waals surface area (Å²) in [6.45, 7) is 3.00. The molecule has 1 saturated heterocycles. The molecule has 2 aliphatic rings. The molecule has 84 valence electrons. The zero-order valence-corrected chi connectivity index (χ0v) is 9.26. The lowest BCUT2D eigenvalue weighted by atomic mass is 10.1. The fourth-order valence-corrected chi connectivity index (χ4v) is 2.35. The van der Waals surface area contributed by atoms with Gasteiger partial charge in [0, 0.05) is 11.6 Å². The van der Waals surface area contributed by atoms with Gasteiger partial charge in [0.25, 0.3) is 0 Å². The van der Waals surface area contributed by atoms with Crippen LogP contribution in [0, 0.1) is 0 Å². The number of hydrogen-bond donors (Lipinski definition) is 1. The molecule has 0 bridgehead atoms. The van der Waals surface area contributed by atoms with Crippen molar-refractivity contribution in [1.29, 1.82) is 0 Å². The maximum atomic E-state index is 4.25. The molecule has 4 heteroatoms. The Morgan fingerprint density at radius 2 is 2.31 bits per heavy atom. The summed E-state index contributed by atoms with van der Waals surface area (Å²) in [7, 11) is 0. The lowest BCUT2D eigenvalue weighted by Crippen LogP contribution is -2.34. The Kier molecular flexibility index (Phi) is 2.58. The Balaban J connectivity index is 1.68. The number of nitrogens with zero attached hydrogens (tertiary/aromatic N) is 3. The Morgan fingerprint density at radius 3 is 3.19 bits per heavy atom. The zero-order valence-electron chi connectivity index (χ0n) is 9.26. The maximum absolute atomic E-state index is 4.25. The minimum atomic E-state index is 0.587. The van der Waals surface area contributed by atoms with Gasteiger partial charge < -0.3 is 5.32 Å². The lowest BCUT2D eigenvalue weighted by Gasteiger charge is -2.24. The Morgan fingerprint density at radius 1 is 1.38 bits per heavy atom. The van der Waals surface area contributed by atoms with E-state index in [2.05, 4.69) is 32.8 Å². The molecule has 0 aliphatic carbocycles. The normalized spacial score (nSPS) is 23.5. The highest BCUT2D eigenvalue weighted by atomic mass is 15.6. The summed E-state index contributed by atoms with van der Waals surface area (Å²) in [4.78, 5) is 0. The summed E-state index contributed by atoms with van der Waals surface area (Å²) in [6.07, 6.45) is 2.54. The van der Waals surface area contributed by atoms with Crippen molar-refractivity contribution in [2.75, 3.05) is 13.1 Å². The van der Waals surface area contributed by atoms with Gasteiger partial charge in [0.15, 0.2) is 0 Å². The molecule has 1 aromatic carbocycles. The molecule has 0 amide bonds. The summed E-state index contributed by atoms with van der Waals surface area (Å²) in [5.41, 5.74) is 2.29. The summed E-state index contributed by atoms with van der Waals surface area (Å²) in [5.74, 6) is 0. The molecule has 2 heterocycles. The third kappa shape index (κ3) is 1.93. The van der Waals surface area contributed by atoms with E-state index in [4.69, 9.17) is 0 Å². The first-order valence-electron chi connectivity index (χ1n) is 5.90. The van der Waals surface area contributed by atoms with Gasteiger partial charge in [-0.05, 0) is 25.5 Å². The van der Waals surface area contributed by atoms with Gasteiger partial charge in [0.2, 0.25) is 0 Å². The van der Waals surface area contributed by atoms with Crippen molar-refractivity contribution >= 4 is 5.69 Å². The molecule has 0 saturated carbocycles. The predicted octanol–water partition coefficient (Wildman–Crippen LogP) is 2.25. The highest BCUT2D eigenvalue weighted by Gasteiger charge is 2.19. The van der Waals surface area contributed by atoms with Crippen LogP contribution in [0.15, 0.2) is 34.6 Å². The summed E-state index contributed by atoms with van der Waals surface area (Å²) in [5, 5.41) is 14.0. The van der Waals surface area contributed by atoms with Crippen LogP contribution in [0.2, 0.25) is 0 Å². The van der Waals surface area contributed by atoms with Crippen LogP contribution < -0.4 is 5.32 Å². The molecule has 0 radical (unpaired) electrons. The van der Waals surface area contributed by atoms with Gasteiger partial charge in [-0.25, -0.2) is 0 Å². The van der Waals surface area contributed by atoms with Crippen LogP contribution in [-0.4, -0.2) is 24.1 Å². The summed E-state index contributed by atoms with van der Waals surface area (Å²) < 4.78 is 0. The second-order valence-corrected chi connectivity index (χ2v) is 4.46. The molecule has 0 unspecified atom stereocenters. The van der Waals surface area contributed by atoms with Crippen molar-refractivity contribution in [2.24, 2.45) is 10.3 Å². The number of nitrogens with one attached hydrogen (secondary N) is 1. The van der Waals surface area contributed by atoms with Gasteiger partial charge >= 0.3 is 0 Å². The summed E-state index contributed by atoms with van der Waals surface area (Å²) in [6, 6.07) is 8.80. The van der Waals surface area contributed by atoms with Crippen LogP contribution in [0.25, 0.3) is 0 Å². The first-order valence-corrected chi connectivity index (χ1v) is 5.90. The molecule has 0 spiro atoms. The second kappa shape index (κ2) is 4.22. The molecule has 1 fully saturated rings. The molecular weight excluding hydrogens is 200 g/mol. The van der Waals surface area contributed by atoms with E-state index in [1.807, 2.05) is 12.1 Å². The Bertz CT molecular complexity index is 396. The number of fused-ring (bicyclic) bond motifs is 1. The number of hydrogen-bond acceptors (Lipinski definition) is 4. The first-order chi connectivity index (χ1) is 7.92. The third-order valence-electron chi connectivity index (χ3n) is 3.22. The maximum Gasteiger partial charge on any atom is 0.0924 e. The monoisotopic (exact) mass is 216 g/mol. The molecular formula is C12H16N4. The average molecular weight is 216 g/mol. The molecule has 1 atom stereocenters. The smallest absolute Gasteiger partial charge is 0.0924 e. The molecule has 0 aromatic heterocycles. The van der Waals surface area contributed by atoms with E-state index >= 15 is 0 Å². The standard InChI is InChI=1S/C12H16N4/c1-2-6-12-10(4-1)8-16(15-14-12)9-11-5-3-7-13-11/h1-2,4,6,11,13H,3,5,7-9H2/t11-/m1/s1. The topological polar surface area (TPSA) is 40.0 Å². The van der Waals surface area contributed by atoms with Crippen LogP contribution in [0.5, 0.6) is 0 Å². The third-order valence-corrected chi connectivity index (χ3v) is 3.22. The molecule has 1 aromatic rings. The van der Waals surface area contributed by atoms with Crippen molar-refractivity contribution in [3.63, 3.8) is 0 Å². The molecule has 16 heavy (non-hydrogen) atoms. The number of benzene rings is 1. The molecule has 1 N–H and O–H groups in total. The SMILES string of the molecule is c1ccc2c(c1)CN(C[C@H]1CCCN1)N=N2. The fraction of sp³-hybridized carbons (Fsp3) is 0.500. The van der Waals surface area contributed by atoms with E-state index in [9.17, 15) is 0 Å². The van der Waals surface area contributed by atoms with Crippen molar-refractivity contribution in [3.8, 4) is 0 Å². The van der Waals surface area contributed by atoms with E-state index < -0.39 is 0 Å². The molecule has 2 aliphatic heterocycles. The van der Waals surface area contributed by atoms with Crippen molar-refractivity contribution in [2.45, 2.75) is 25.4 Å². The van der Waals surface area contributed by atoms with Gasteiger partial charge in [-0.3, -0.25) is 5.01 Å². The van der Waals surface area contributed by atoms with Crippen molar-refractivity contribution in [1.82, 2.24) is 10.3 Å². The predicted molar refractivity (Wildman–Crippen MR) is 62.4 cm³/mol. The van der Waals surface area contributed by atoms with E-state index in [0.717, 1.165) is 25.3 Å². The molecule has 3 rings (SSSR count). The minimum Gasteiger partial charge on any atom is -0.312 e. The van der Waals surface area contributed by atoms with Gasteiger partial charge in [0.1, 0.15) is 0 Å². The van der Waals surface area contributed by atoms with Crippen LogP contribution >= 0.6 is 0 Å². The van der Waals surface area contributed by atoms with E-state index in [0.29, 0.717) is 6.04 Å². The van der Waals surface area contributed by atoms with Crippen LogP contribution in [0.3, 0.4) is 0 Å². The van der Waals surface area contributed by atoms with Gasteiger partial charge in [0.05, 0.1) is 18.8 Å². The van der Waals surface area contributed by atoms with Crippen molar-refractivity contribution in [3.05, 3.63) is 29.8 Å². The van der Waals surface area contributed by atoms with Crippen LogP contribution in [0.4, 0.5) is 5.69 Å². The highest BCUT2D eigenvalue weighted by Crippen LogP contribution is 2.25. The quantitative estimate of drug-likeness (QED) is 0.823. The van der Waals surface area contributed by atoms with E-state index in [1.165, 1.54) is 18.4 Å². The highest BCUT2D eigenvalue weighted by molar-refractivity contribution is 5.45. The van der Waals surface area contributed by atoms with Gasteiger partial charge in [-0.15, -0.1) is 5.11 Å². The van der Waals surface area contributed by atoms with Crippen LogP contribution in [0.1, 0.15) is 18.4 Å². The van der Waals surface area contributed by atoms with Crippen molar-refractivity contribution < 1.29 is 0 Å². The first kappa shape index (κ1) is 9.78. The second-order valence-electron chi connectivity index (χ2n) is 4.46. The lowest BCUT2D eigenvalue weighted by molar-refractivity contribution is 0.230. The number of rotatable bonds is 2. The zero-order chi connectivity index (χ0) is 10.8. The van der Waals surface area contributed by atoms with Gasteiger partial charge in [-0.1, -0.05) is 23.4 Å². The average Bonchev–Trinajstić information content (AvgIpc) is 2.82. The van der Waals surface area contributed by atoms with Gasteiger partial charge in [-0.2, -0.15) is 0 Å². The Labute approximate surface area is 95.3 Å².